The van der Waals surface area contributed by atoms with Gasteiger partial charge in [0.05, 0.1) is 0 Å². The van der Waals surface area contributed by atoms with Gasteiger partial charge in [-0.25, -0.2) is 4.98 Å². The third-order valence-corrected chi connectivity index (χ3v) is 5.19. The Balaban J connectivity index is 1.94. The fourth-order valence-electron chi connectivity index (χ4n) is 2.87. The molecule has 3 rings (SSSR count). The lowest BCUT2D eigenvalue weighted by atomic mass is 9.80. The Labute approximate surface area is 128 Å². The van der Waals surface area contributed by atoms with E-state index in [0.29, 0.717) is 5.41 Å². The first-order chi connectivity index (χ1) is 9.63. The summed E-state index contributed by atoms with van der Waals surface area (Å²) in [5.41, 5.74) is 6.19. The predicted octanol–water partition coefficient (Wildman–Crippen LogP) is 3.56. The van der Waals surface area contributed by atoms with E-state index >= 15 is 0 Å². The average Bonchev–Trinajstić information content (AvgIpc) is 2.48. The molecule has 4 heteroatoms. The zero-order valence-corrected chi connectivity index (χ0v) is 13.4. The molecule has 1 fully saturated rings. The molecule has 1 saturated heterocycles. The van der Waals surface area contributed by atoms with Crippen LogP contribution in [0.2, 0.25) is 0 Å². The molecule has 0 aliphatic carbocycles. The van der Waals surface area contributed by atoms with Crippen molar-refractivity contribution in [1.82, 2.24) is 4.98 Å². The van der Waals surface area contributed by atoms with Crippen molar-refractivity contribution in [3.8, 4) is 0 Å². The fraction of sp³-hybridized carbons (Fsp3) is 0.438. The summed E-state index contributed by atoms with van der Waals surface area (Å²) >= 11 is 3.62. The van der Waals surface area contributed by atoms with Crippen LogP contribution in [0.5, 0.6) is 0 Å². The Bertz CT molecular complexity index is 618. The van der Waals surface area contributed by atoms with Crippen LogP contribution in [0.4, 0.5) is 5.82 Å². The first-order valence-corrected chi connectivity index (χ1v) is 7.90. The van der Waals surface area contributed by atoms with E-state index in [0.717, 1.165) is 42.8 Å². The summed E-state index contributed by atoms with van der Waals surface area (Å²) in [6, 6.07) is 8.37. The van der Waals surface area contributed by atoms with Gasteiger partial charge < -0.3 is 10.6 Å². The number of fused-ring (bicyclic) bond motifs is 1. The highest BCUT2D eigenvalue weighted by Crippen LogP contribution is 2.35. The number of halogens is 1. The molecule has 1 aliphatic heterocycles. The molecule has 1 aliphatic rings. The fourth-order valence-corrected chi connectivity index (χ4v) is 3.37. The number of nitrogens with two attached hydrogens (primary N) is 1. The number of piperidine rings is 1. The van der Waals surface area contributed by atoms with Gasteiger partial charge in [0, 0.05) is 34.5 Å². The van der Waals surface area contributed by atoms with Gasteiger partial charge in [-0.3, -0.25) is 0 Å². The van der Waals surface area contributed by atoms with Crippen LogP contribution in [0.1, 0.15) is 19.8 Å². The molecule has 0 spiro atoms. The van der Waals surface area contributed by atoms with E-state index < -0.39 is 0 Å². The second-order valence-electron chi connectivity index (χ2n) is 5.97. The molecular weight excluding hydrogens is 314 g/mol. The maximum Gasteiger partial charge on any atom is 0.136 e. The molecule has 1 aromatic carbocycles. The Hall–Kier alpha value is -1.13. The van der Waals surface area contributed by atoms with Crippen LogP contribution in [-0.4, -0.2) is 24.6 Å². The maximum absolute atomic E-state index is 5.89. The Morgan fingerprint density at radius 3 is 2.70 bits per heavy atom. The highest BCUT2D eigenvalue weighted by Gasteiger charge is 2.29. The lowest BCUT2D eigenvalue weighted by molar-refractivity contribution is 0.258. The van der Waals surface area contributed by atoms with Crippen LogP contribution < -0.4 is 10.6 Å². The highest BCUT2D eigenvalue weighted by atomic mass is 79.9. The molecule has 2 heterocycles. The molecule has 0 unspecified atom stereocenters. The van der Waals surface area contributed by atoms with E-state index in [9.17, 15) is 0 Å². The minimum atomic E-state index is 0.293. The maximum atomic E-state index is 5.89. The van der Waals surface area contributed by atoms with Crippen molar-refractivity contribution in [2.75, 3.05) is 24.5 Å². The van der Waals surface area contributed by atoms with E-state index in [4.69, 9.17) is 5.73 Å². The number of pyridine rings is 1. The van der Waals surface area contributed by atoms with E-state index in [-0.39, 0.29) is 0 Å². The predicted molar refractivity (Wildman–Crippen MR) is 88.1 cm³/mol. The van der Waals surface area contributed by atoms with Crippen LogP contribution in [0, 0.1) is 5.41 Å². The normalized spacial score (nSPS) is 18.4. The van der Waals surface area contributed by atoms with E-state index in [2.05, 4.69) is 57.0 Å². The Kier molecular flexibility index (Phi) is 3.69. The Morgan fingerprint density at radius 2 is 2.00 bits per heavy atom. The summed E-state index contributed by atoms with van der Waals surface area (Å²) in [5.74, 6) is 1.10. The first-order valence-electron chi connectivity index (χ1n) is 7.11. The van der Waals surface area contributed by atoms with Crippen LogP contribution in [-0.2, 0) is 0 Å². The van der Waals surface area contributed by atoms with Crippen molar-refractivity contribution in [3.05, 3.63) is 34.9 Å². The van der Waals surface area contributed by atoms with Crippen LogP contribution >= 0.6 is 15.9 Å². The SMILES string of the molecule is CC1(CN)CCN(c2nccc3c(Br)cccc23)CC1. The van der Waals surface area contributed by atoms with Crippen molar-refractivity contribution in [1.29, 1.82) is 0 Å². The minimum Gasteiger partial charge on any atom is -0.356 e. The van der Waals surface area contributed by atoms with Crippen molar-refractivity contribution in [3.63, 3.8) is 0 Å². The summed E-state index contributed by atoms with van der Waals surface area (Å²) in [6.45, 7) is 5.13. The molecule has 0 saturated carbocycles. The average molecular weight is 334 g/mol. The number of nitrogens with zero attached hydrogens (tertiary/aromatic N) is 2. The van der Waals surface area contributed by atoms with E-state index in [1.165, 1.54) is 10.8 Å². The minimum absolute atomic E-state index is 0.293. The van der Waals surface area contributed by atoms with Gasteiger partial charge in [0.1, 0.15) is 5.82 Å². The van der Waals surface area contributed by atoms with Gasteiger partial charge in [-0.1, -0.05) is 35.0 Å². The molecule has 0 atom stereocenters. The van der Waals surface area contributed by atoms with Crippen molar-refractivity contribution in [2.45, 2.75) is 19.8 Å². The molecule has 20 heavy (non-hydrogen) atoms. The van der Waals surface area contributed by atoms with Gasteiger partial charge in [0.2, 0.25) is 0 Å². The molecule has 2 N–H and O–H groups in total. The van der Waals surface area contributed by atoms with Crippen LogP contribution in [0.15, 0.2) is 34.9 Å². The van der Waals surface area contributed by atoms with Crippen molar-refractivity contribution in [2.24, 2.45) is 11.1 Å². The number of aromatic nitrogens is 1. The molecule has 2 aromatic rings. The lowest BCUT2D eigenvalue weighted by Gasteiger charge is -2.39. The number of benzene rings is 1. The van der Waals surface area contributed by atoms with Gasteiger partial charge in [-0.05, 0) is 36.9 Å². The summed E-state index contributed by atoms with van der Waals surface area (Å²) in [5, 5.41) is 2.45. The molecular formula is C16H20BrN3. The summed E-state index contributed by atoms with van der Waals surface area (Å²) in [6.07, 6.45) is 4.17. The standard InChI is InChI=1S/C16H20BrN3/c1-16(11-18)6-9-20(10-7-16)15-13-3-2-4-14(17)12(13)5-8-19-15/h2-5,8H,6-7,9-11,18H2,1H3. The van der Waals surface area contributed by atoms with Crippen LogP contribution in [0.3, 0.4) is 0 Å². The second-order valence-corrected chi connectivity index (χ2v) is 6.83. The van der Waals surface area contributed by atoms with E-state index in [1.807, 2.05) is 6.20 Å². The zero-order chi connectivity index (χ0) is 14.2. The summed E-state index contributed by atoms with van der Waals surface area (Å²) in [4.78, 5) is 7.01. The smallest absolute Gasteiger partial charge is 0.136 e. The van der Waals surface area contributed by atoms with Crippen molar-refractivity contribution >= 4 is 32.5 Å². The number of rotatable bonds is 2. The monoisotopic (exact) mass is 333 g/mol. The van der Waals surface area contributed by atoms with E-state index in [1.54, 1.807) is 0 Å². The molecule has 3 nitrogen and oxygen atoms in total. The van der Waals surface area contributed by atoms with Crippen molar-refractivity contribution < 1.29 is 0 Å². The molecule has 106 valence electrons. The number of hydrogen-bond donors (Lipinski definition) is 1. The Morgan fingerprint density at radius 1 is 1.25 bits per heavy atom. The third-order valence-electron chi connectivity index (χ3n) is 4.49. The molecule has 1 aromatic heterocycles. The summed E-state index contributed by atoms with van der Waals surface area (Å²) in [7, 11) is 0. The molecule has 0 bridgehead atoms. The van der Waals surface area contributed by atoms with Gasteiger partial charge in [-0.2, -0.15) is 0 Å². The highest BCUT2D eigenvalue weighted by molar-refractivity contribution is 9.10. The second kappa shape index (κ2) is 5.34. The number of hydrogen-bond acceptors (Lipinski definition) is 3. The largest absolute Gasteiger partial charge is 0.356 e. The van der Waals surface area contributed by atoms with Crippen LogP contribution in [0.25, 0.3) is 10.8 Å². The van der Waals surface area contributed by atoms with Gasteiger partial charge >= 0.3 is 0 Å². The third kappa shape index (κ3) is 2.42. The first kappa shape index (κ1) is 13.8. The van der Waals surface area contributed by atoms with Gasteiger partial charge in [-0.15, -0.1) is 0 Å². The van der Waals surface area contributed by atoms with Gasteiger partial charge in [0.15, 0.2) is 0 Å². The quantitative estimate of drug-likeness (QED) is 0.913. The number of anilines is 1. The summed E-state index contributed by atoms with van der Waals surface area (Å²) < 4.78 is 1.13. The molecule has 0 radical (unpaired) electrons. The molecule has 0 amide bonds. The van der Waals surface area contributed by atoms with Gasteiger partial charge in [0.25, 0.3) is 0 Å². The zero-order valence-electron chi connectivity index (χ0n) is 11.8. The lowest BCUT2D eigenvalue weighted by Crippen LogP contribution is -2.42. The topological polar surface area (TPSA) is 42.1 Å².